The van der Waals surface area contributed by atoms with E-state index in [1.807, 2.05) is 0 Å². The number of aromatic nitrogens is 2. The van der Waals surface area contributed by atoms with Crippen LogP contribution in [0.1, 0.15) is 63.0 Å². The average molecular weight is 399 g/mol. The summed E-state index contributed by atoms with van der Waals surface area (Å²) in [5.41, 5.74) is -1.35. The molecule has 144 valence electrons. The van der Waals surface area contributed by atoms with Gasteiger partial charge in [0.15, 0.2) is 10.8 Å². The Bertz CT molecular complexity index is 861. The zero-order valence-corrected chi connectivity index (χ0v) is 15.1. The van der Waals surface area contributed by atoms with Crippen LogP contribution >= 0.6 is 11.3 Å². The fourth-order valence-electron chi connectivity index (χ4n) is 3.08. The van der Waals surface area contributed by atoms with E-state index in [4.69, 9.17) is 4.74 Å². The summed E-state index contributed by atoms with van der Waals surface area (Å²) in [5.74, 6) is -1.49. The molecule has 0 bridgehead atoms. The zero-order valence-electron chi connectivity index (χ0n) is 14.3. The monoisotopic (exact) mass is 399 g/mol. The first-order valence-corrected chi connectivity index (χ1v) is 9.05. The number of carbonyl (C=O) groups excluding carboxylic acids is 2. The van der Waals surface area contributed by atoms with Crippen molar-refractivity contribution in [1.29, 1.82) is 0 Å². The minimum atomic E-state index is -4.76. The summed E-state index contributed by atoms with van der Waals surface area (Å²) < 4.78 is 43.9. The van der Waals surface area contributed by atoms with Gasteiger partial charge in [0.2, 0.25) is 0 Å². The van der Waals surface area contributed by atoms with Crippen LogP contribution in [-0.4, -0.2) is 29.0 Å². The van der Waals surface area contributed by atoms with Crippen molar-refractivity contribution in [2.75, 3.05) is 12.4 Å². The Kier molecular flexibility index (Phi) is 5.45. The van der Waals surface area contributed by atoms with Gasteiger partial charge in [0.05, 0.1) is 18.4 Å². The Morgan fingerprint density at radius 2 is 2.00 bits per heavy atom. The molecular weight excluding hydrogens is 383 g/mol. The number of alkyl halides is 3. The second kappa shape index (κ2) is 7.63. The third-order valence-corrected chi connectivity index (χ3v) is 5.27. The number of esters is 1. The Labute approximate surface area is 156 Å². The maximum Gasteiger partial charge on any atom is 0.434 e. The fourth-order valence-corrected chi connectivity index (χ4v) is 4.04. The van der Waals surface area contributed by atoms with E-state index in [0.717, 1.165) is 49.3 Å². The van der Waals surface area contributed by atoms with Gasteiger partial charge in [0.1, 0.15) is 4.88 Å². The van der Waals surface area contributed by atoms with E-state index in [-0.39, 0.29) is 15.9 Å². The molecule has 2 aromatic heterocycles. The van der Waals surface area contributed by atoms with E-state index in [0.29, 0.717) is 5.69 Å². The first-order chi connectivity index (χ1) is 12.8. The van der Waals surface area contributed by atoms with Gasteiger partial charge in [-0.25, -0.2) is 9.78 Å². The molecule has 27 heavy (non-hydrogen) atoms. The van der Waals surface area contributed by atoms with Crippen molar-refractivity contribution in [3.05, 3.63) is 40.2 Å². The lowest BCUT2D eigenvalue weighted by Crippen LogP contribution is -2.20. The molecule has 0 saturated heterocycles. The Morgan fingerprint density at radius 1 is 1.30 bits per heavy atom. The van der Waals surface area contributed by atoms with Gasteiger partial charge in [-0.15, -0.1) is 0 Å². The molecule has 1 N–H and O–H groups in total. The van der Waals surface area contributed by atoms with Crippen LogP contribution in [0, 0.1) is 0 Å². The molecule has 1 aliphatic rings. The first kappa shape index (κ1) is 19.3. The molecule has 0 spiro atoms. The van der Waals surface area contributed by atoms with E-state index < -0.39 is 29.3 Å². The summed E-state index contributed by atoms with van der Waals surface area (Å²) >= 11 is 0.896. The number of nitrogens with zero attached hydrogens (tertiary/aromatic N) is 2. The molecule has 0 unspecified atom stereocenters. The number of amides is 1. The fraction of sp³-hybridized carbons (Fsp3) is 0.412. The number of rotatable bonds is 4. The maximum absolute atomic E-state index is 13.1. The standard InChI is InChI=1S/C17H16F3N3O3S/c1-26-15(25)12-11(9-5-2-3-6-9)22-16(27-12)23-14(24)10-7-4-8-21-13(10)17(18,19)20/h4,7-9H,2-3,5-6H2,1H3,(H,22,23,24). The van der Waals surface area contributed by atoms with Gasteiger partial charge in [-0.2, -0.15) is 13.2 Å². The number of thiazole rings is 1. The normalized spacial score (nSPS) is 15.0. The van der Waals surface area contributed by atoms with Crippen molar-refractivity contribution in [2.45, 2.75) is 37.8 Å². The Morgan fingerprint density at radius 3 is 2.63 bits per heavy atom. The van der Waals surface area contributed by atoms with Crippen molar-refractivity contribution in [1.82, 2.24) is 9.97 Å². The molecule has 1 amide bonds. The Balaban J connectivity index is 1.90. The summed E-state index contributed by atoms with van der Waals surface area (Å²) in [7, 11) is 1.24. The predicted octanol–water partition coefficient (Wildman–Crippen LogP) is 4.25. The van der Waals surface area contributed by atoms with Crippen molar-refractivity contribution >= 4 is 28.3 Å². The molecule has 6 nitrogen and oxygen atoms in total. The Hall–Kier alpha value is -2.49. The number of hydrogen-bond acceptors (Lipinski definition) is 6. The van der Waals surface area contributed by atoms with Gasteiger partial charge in [0, 0.05) is 12.1 Å². The molecule has 1 fully saturated rings. The predicted molar refractivity (Wildman–Crippen MR) is 91.9 cm³/mol. The summed E-state index contributed by atoms with van der Waals surface area (Å²) in [6.07, 6.45) is -0.0479. The lowest BCUT2D eigenvalue weighted by Gasteiger charge is -2.10. The van der Waals surface area contributed by atoms with E-state index >= 15 is 0 Å². The van der Waals surface area contributed by atoms with E-state index in [1.165, 1.54) is 13.2 Å². The van der Waals surface area contributed by atoms with Crippen LogP contribution in [0.5, 0.6) is 0 Å². The SMILES string of the molecule is COC(=O)c1sc(NC(=O)c2cccnc2C(F)(F)F)nc1C1CCCC1. The van der Waals surface area contributed by atoms with Crippen LogP contribution in [0.3, 0.4) is 0 Å². The zero-order chi connectivity index (χ0) is 19.6. The molecule has 1 saturated carbocycles. The number of hydrogen-bond donors (Lipinski definition) is 1. The molecule has 3 rings (SSSR count). The first-order valence-electron chi connectivity index (χ1n) is 8.24. The minimum Gasteiger partial charge on any atom is -0.465 e. The smallest absolute Gasteiger partial charge is 0.434 e. The molecule has 0 aromatic carbocycles. The van der Waals surface area contributed by atoms with E-state index in [9.17, 15) is 22.8 Å². The van der Waals surface area contributed by atoms with Crippen molar-refractivity contribution in [3.63, 3.8) is 0 Å². The molecule has 2 heterocycles. The van der Waals surface area contributed by atoms with E-state index in [2.05, 4.69) is 15.3 Å². The van der Waals surface area contributed by atoms with Gasteiger partial charge < -0.3 is 4.74 Å². The van der Waals surface area contributed by atoms with Crippen molar-refractivity contribution in [3.8, 4) is 0 Å². The van der Waals surface area contributed by atoms with Crippen LogP contribution in [0.2, 0.25) is 0 Å². The molecule has 0 aliphatic heterocycles. The number of halogens is 3. The number of pyridine rings is 1. The third kappa shape index (κ3) is 4.10. The van der Waals surface area contributed by atoms with Gasteiger partial charge >= 0.3 is 12.1 Å². The second-order valence-corrected chi connectivity index (χ2v) is 7.06. The van der Waals surface area contributed by atoms with E-state index in [1.54, 1.807) is 0 Å². The summed E-state index contributed by atoms with van der Waals surface area (Å²) in [5, 5.41) is 2.41. The maximum atomic E-state index is 13.1. The van der Waals surface area contributed by atoms with Crippen LogP contribution in [-0.2, 0) is 10.9 Å². The highest BCUT2D eigenvalue weighted by Gasteiger charge is 2.37. The lowest BCUT2D eigenvalue weighted by atomic mass is 10.0. The van der Waals surface area contributed by atoms with Gasteiger partial charge in [0.25, 0.3) is 5.91 Å². The summed E-state index contributed by atoms with van der Waals surface area (Å²) in [6.45, 7) is 0. The second-order valence-electron chi connectivity index (χ2n) is 6.06. The van der Waals surface area contributed by atoms with Gasteiger partial charge in [-0.05, 0) is 25.0 Å². The largest absolute Gasteiger partial charge is 0.465 e. The molecule has 2 aromatic rings. The average Bonchev–Trinajstić information content (AvgIpc) is 3.29. The number of ether oxygens (including phenoxy) is 1. The number of anilines is 1. The van der Waals surface area contributed by atoms with Gasteiger partial charge in [-0.3, -0.25) is 15.1 Å². The minimum absolute atomic E-state index is 0.0549. The summed E-state index contributed by atoms with van der Waals surface area (Å²) in [4.78, 5) is 32.2. The number of nitrogens with one attached hydrogen (secondary N) is 1. The molecular formula is C17H16F3N3O3S. The quantitative estimate of drug-likeness (QED) is 0.778. The number of carbonyl (C=O) groups is 2. The summed E-state index contributed by atoms with van der Waals surface area (Å²) in [6, 6.07) is 2.29. The van der Waals surface area contributed by atoms with Crippen LogP contribution < -0.4 is 5.32 Å². The molecule has 0 radical (unpaired) electrons. The highest BCUT2D eigenvalue weighted by molar-refractivity contribution is 7.17. The third-order valence-electron chi connectivity index (χ3n) is 4.31. The lowest BCUT2D eigenvalue weighted by molar-refractivity contribution is -0.141. The topological polar surface area (TPSA) is 81.2 Å². The molecule has 10 heteroatoms. The van der Waals surface area contributed by atoms with Crippen LogP contribution in [0.15, 0.2) is 18.3 Å². The van der Waals surface area contributed by atoms with Crippen LogP contribution in [0.4, 0.5) is 18.3 Å². The molecule has 1 aliphatic carbocycles. The van der Waals surface area contributed by atoms with Crippen molar-refractivity contribution in [2.24, 2.45) is 0 Å². The molecule has 0 atom stereocenters. The number of methoxy groups -OCH3 is 1. The van der Waals surface area contributed by atoms with Crippen molar-refractivity contribution < 1.29 is 27.5 Å². The highest BCUT2D eigenvalue weighted by atomic mass is 32.1. The van der Waals surface area contributed by atoms with Gasteiger partial charge in [-0.1, -0.05) is 24.2 Å². The highest BCUT2D eigenvalue weighted by Crippen LogP contribution is 2.39. The van der Waals surface area contributed by atoms with Crippen LogP contribution in [0.25, 0.3) is 0 Å².